The first-order valence-corrected chi connectivity index (χ1v) is 11.7. The number of anilines is 2. The SMILES string of the molecule is Cc1cc(C)cc(N2C(=O)CS[C@]23C(=O)N(Cc2cccc(C(F)(F)F)c2)c2ccccc23)c1. The van der Waals surface area contributed by atoms with Crippen LogP contribution in [-0.4, -0.2) is 17.6 Å². The molecule has 1 atom stereocenters. The molecule has 0 radical (unpaired) electrons. The molecule has 0 unspecified atom stereocenters. The standard InChI is InChI=1S/C26H21F3N2O2S/c1-16-10-17(2)12-20(11-16)31-23(32)15-34-25(31)21-8-3-4-9-22(21)30(24(25)33)14-18-6-5-7-19(13-18)26(27,28)29/h3-13H,14-15H2,1-2H3/t25-/m1/s1. The Bertz CT molecular complexity index is 1300. The average Bonchev–Trinajstić information content (AvgIpc) is 3.24. The highest BCUT2D eigenvalue weighted by Gasteiger charge is 2.61. The lowest BCUT2D eigenvalue weighted by Gasteiger charge is -2.33. The highest BCUT2D eigenvalue weighted by atomic mass is 32.2. The van der Waals surface area contributed by atoms with Gasteiger partial charge in [0.25, 0.3) is 5.91 Å². The number of hydrogen-bond acceptors (Lipinski definition) is 3. The normalized spacial score (nSPS) is 19.9. The number of rotatable bonds is 3. The third kappa shape index (κ3) is 3.48. The molecule has 0 N–H and O–H groups in total. The molecule has 0 aliphatic carbocycles. The molecule has 2 aliphatic rings. The summed E-state index contributed by atoms with van der Waals surface area (Å²) in [7, 11) is 0. The Morgan fingerprint density at radius 3 is 2.35 bits per heavy atom. The number of carbonyl (C=O) groups excluding carboxylic acids is 2. The van der Waals surface area contributed by atoms with E-state index in [9.17, 15) is 22.8 Å². The number of aryl methyl sites for hydroxylation is 2. The van der Waals surface area contributed by atoms with Crippen LogP contribution in [0.3, 0.4) is 0 Å². The molecule has 3 aromatic carbocycles. The van der Waals surface area contributed by atoms with Gasteiger partial charge >= 0.3 is 6.18 Å². The molecule has 0 aromatic heterocycles. The number of halogens is 3. The van der Waals surface area contributed by atoms with E-state index in [0.717, 1.165) is 23.3 Å². The molecule has 4 nitrogen and oxygen atoms in total. The van der Waals surface area contributed by atoms with E-state index in [4.69, 9.17) is 0 Å². The van der Waals surface area contributed by atoms with Gasteiger partial charge in [-0.05, 0) is 60.9 Å². The van der Waals surface area contributed by atoms with Gasteiger partial charge in [-0.15, -0.1) is 11.8 Å². The van der Waals surface area contributed by atoms with Crippen LogP contribution in [0.2, 0.25) is 0 Å². The molecule has 1 fully saturated rings. The van der Waals surface area contributed by atoms with Gasteiger partial charge in [0, 0.05) is 11.3 Å². The zero-order valence-electron chi connectivity index (χ0n) is 18.5. The number of amides is 2. The fourth-order valence-corrected chi connectivity index (χ4v) is 6.18. The van der Waals surface area contributed by atoms with Gasteiger partial charge in [-0.3, -0.25) is 14.5 Å². The third-order valence-electron chi connectivity index (χ3n) is 6.12. The van der Waals surface area contributed by atoms with Crippen LogP contribution < -0.4 is 9.80 Å². The van der Waals surface area contributed by atoms with Crippen LogP contribution in [0.4, 0.5) is 24.5 Å². The van der Waals surface area contributed by atoms with Crippen molar-refractivity contribution in [2.45, 2.75) is 31.4 Å². The molecule has 1 saturated heterocycles. The Balaban J connectivity index is 1.62. The summed E-state index contributed by atoms with van der Waals surface area (Å²) in [6.45, 7) is 3.83. The second-order valence-electron chi connectivity index (χ2n) is 8.61. The van der Waals surface area contributed by atoms with Crippen molar-refractivity contribution in [3.8, 4) is 0 Å². The van der Waals surface area contributed by atoms with Gasteiger partial charge in [0.05, 0.1) is 23.5 Å². The number of nitrogens with zero attached hydrogens (tertiary/aromatic N) is 2. The summed E-state index contributed by atoms with van der Waals surface area (Å²) in [5.41, 5.74) is 3.44. The van der Waals surface area contributed by atoms with Gasteiger partial charge < -0.3 is 4.90 Å². The predicted molar refractivity (Wildman–Crippen MR) is 127 cm³/mol. The molecule has 34 heavy (non-hydrogen) atoms. The maximum absolute atomic E-state index is 14.1. The minimum Gasteiger partial charge on any atom is -0.304 e. The molecule has 2 aliphatic heterocycles. The highest BCUT2D eigenvalue weighted by Crippen LogP contribution is 2.56. The van der Waals surface area contributed by atoms with E-state index in [-0.39, 0.29) is 24.1 Å². The van der Waals surface area contributed by atoms with E-state index < -0.39 is 16.6 Å². The van der Waals surface area contributed by atoms with E-state index in [1.54, 1.807) is 23.1 Å². The largest absolute Gasteiger partial charge is 0.416 e. The van der Waals surface area contributed by atoms with E-state index >= 15 is 0 Å². The first-order chi connectivity index (χ1) is 16.1. The number of carbonyl (C=O) groups is 2. The minimum absolute atomic E-state index is 0.0308. The molecular formula is C26H21F3N2O2S. The van der Waals surface area contributed by atoms with Crippen molar-refractivity contribution in [2.75, 3.05) is 15.6 Å². The molecular weight excluding hydrogens is 461 g/mol. The fraction of sp³-hybridized carbons (Fsp3) is 0.231. The quantitative estimate of drug-likeness (QED) is 0.474. The lowest BCUT2D eigenvalue weighted by Crippen LogP contribution is -2.49. The van der Waals surface area contributed by atoms with Crippen molar-refractivity contribution < 1.29 is 22.8 Å². The van der Waals surface area contributed by atoms with E-state index in [2.05, 4.69) is 0 Å². The lowest BCUT2D eigenvalue weighted by atomic mass is 10.0. The summed E-state index contributed by atoms with van der Waals surface area (Å²) >= 11 is 1.25. The molecule has 5 rings (SSSR count). The summed E-state index contributed by atoms with van der Waals surface area (Å²) < 4.78 is 39.8. The molecule has 0 bridgehead atoms. The number of alkyl halides is 3. The second kappa shape index (κ2) is 7.91. The Labute approximate surface area is 199 Å². The van der Waals surface area contributed by atoms with Crippen molar-refractivity contribution in [2.24, 2.45) is 0 Å². The molecule has 0 saturated carbocycles. The van der Waals surface area contributed by atoms with Gasteiger partial charge in [0.2, 0.25) is 10.8 Å². The minimum atomic E-state index is -4.47. The van der Waals surface area contributed by atoms with Crippen LogP contribution in [0.1, 0.15) is 27.8 Å². The van der Waals surface area contributed by atoms with Crippen molar-refractivity contribution in [1.82, 2.24) is 0 Å². The lowest BCUT2D eigenvalue weighted by molar-refractivity contribution is -0.137. The molecule has 8 heteroatoms. The van der Waals surface area contributed by atoms with Crippen LogP contribution in [0.15, 0.2) is 66.7 Å². The van der Waals surface area contributed by atoms with Crippen LogP contribution in [0.25, 0.3) is 0 Å². The number of para-hydroxylation sites is 1. The van der Waals surface area contributed by atoms with Crippen LogP contribution in [0.5, 0.6) is 0 Å². The second-order valence-corrected chi connectivity index (χ2v) is 9.78. The van der Waals surface area contributed by atoms with Gasteiger partial charge in [-0.25, -0.2) is 0 Å². The predicted octanol–water partition coefficient (Wildman–Crippen LogP) is 5.80. The first kappa shape index (κ1) is 22.5. The van der Waals surface area contributed by atoms with Gasteiger partial charge in [0.15, 0.2) is 0 Å². The molecule has 2 amide bonds. The summed E-state index contributed by atoms with van der Waals surface area (Å²) in [5, 5.41) is 0. The van der Waals surface area contributed by atoms with Crippen molar-refractivity contribution >= 4 is 35.0 Å². The maximum Gasteiger partial charge on any atom is 0.416 e. The van der Waals surface area contributed by atoms with E-state index in [0.29, 0.717) is 22.5 Å². The maximum atomic E-state index is 14.1. The monoisotopic (exact) mass is 482 g/mol. The van der Waals surface area contributed by atoms with Gasteiger partial charge in [-0.1, -0.05) is 36.4 Å². The Kier molecular flexibility index (Phi) is 5.24. The molecule has 3 aromatic rings. The zero-order chi connectivity index (χ0) is 24.3. The number of hydrogen-bond donors (Lipinski definition) is 0. The smallest absolute Gasteiger partial charge is 0.304 e. The Hall–Kier alpha value is -3.26. The zero-order valence-corrected chi connectivity index (χ0v) is 19.3. The van der Waals surface area contributed by atoms with E-state index in [1.165, 1.54) is 22.7 Å². The summed E-state index contributed by atoms with van der Waals surface area (Å²) in [6.07, 6.45) is -4.47. The summed E-state index contributed by atoms with van der Waals surface area (Å²) in [5.74, 6) is -0.384. The summed E-state index contributed by atoms with van der Waals surface area (Å²) in [6, 6.07) is 17.9. The highest BCUT2D eigenvalue weighted by molar-refractivity contribution is 8.02. The van der Waals surface area contributed by atoms with Gasteiger partial charge in [0.1, 0.15) is 0 Å². The first-order valence-electron chi connectivity index (χ1n) is 10.7. The Morgan fingerprint density at radius 2 is 1.65 bits per heavy atom. The van der Waals surface area contributed by atoms with Crippen molar-refractivity contribution in [1.29, 1.82) is 0 Å². The third-order valence-corrected chi connectivity index (χ3v) is 7.51. The molecule has 174 valence electrons. The van der Waals surface area contributed by atoms with Crippen molar-refractivity contribution in [3.05, 3.63) is 94.5 Å². The average molecular weight is 483 g/mol. The van der Waals surface area contributed by atoms with Crippen LogP contribution in [-0.2, 0) is 27.2 Å². The van der Waals surface area contributed by atoms with Crippen LogP contribution >= 0.6 is 11.8 Å². The number of fused-ring (bicyclic) bond motifs is 2. The van der Waals surface area contributed by atoms with Gasteiger partial charge in [-0.2, -0.15) is 13.2 Å². The number of benzene rings is 3. The molecule has 2 heterocycles. The molecule has 1 spiro atoms. The topological polar surface area (TPSA) is 40.6 Å². The fourth-order valence-electron chi connectivity index (χ4n) is 4.82. The number of thioether (sulfide) groups is 1. The summed E-state index contributed by atoms with van der Waals surface area (Å²) in [4.78, 5) is 29.0. The van der Waals surface area contributed by atoms with Crippen molar-refractivity contribution in [3.63, 3.8) is 0 Å². The van der Waals surface area contributed by atoms with E-state index in [1.807, 2.05) is 44.2 Å². The Morgan fingerprint density at radius 1 is 0.941 bits per heavy atom. The van der Waals surface area contributed by atoms with Crippen LogP contribution in [0, 0.1) is 13.8 Å².